The highest BCUT2D eigenvalue weighted by Gasteiger charge is 2.33. The van der Waals surface area contributed by atoms with Crippen LogP contribution in [0.4, 0.5) is 4.79 Å². The van der Waals surface area contributed by atoms with Gasteiger partial charge in [-0.3, -0.25) is 10.2 Å². The molecule has 2 rings (SSSR count). The van der Waals surface area contributed by atoms with Crippen molar-refractivity contribution in [1.82, 2.24) is 14.9 Å². The first-order valence-electron chi connectivity index (χ1n) is 9.47. The monoisotopic (exact) mass is 453 g/mol. The van der Waals surface area contributed by atoms with Crippen molar-refractivity contribution < 1.29 is 27.9 Å². The van der Waals surface area contributed by atoms with Gasteiger partial charge in [0, 0.05) is 12.1 Å². The van der Waals surface area contributed by atoms with E-state index >= 15 is 0 Å². The minimum atomic E-state index is -4.10. The fourth-order valence-corrected chi connectivity index (χ4v) is 3.84. The number of ether oxygens (including phenoxy) is 1. The zero-order valence-electron chi connectivity index (χ0n) is 17.6. The number of aliphatic hydroxyl groups is 1. The molecule has 0 radical (unpaired) electrons. The molecule has 1 aliphatic rings. The van der Waals surface area contributed by atoms with E-state index < -0.39 is 45.7 Å². The van der Waals surface area contributed by atoms with Gasteiger partial charge in [-0.05, 0) is 52.1 Å². The van der Waals surface area contributed by atoms with Crippen molar-refractivity contribution in [2.45, 2.75) is 49.8 Å². The molecule has 1 aromatic rings. The number of carbonyl (C=O) groups excluding carboxylic acids is 2. The van der Waals surface area contributed by atoms with Crippen molar-refractivity contribution in [2.24, 2.45) is 4.99 Å². The summed E-state index contributed by atoms with van der Waals surface area (Å²) in [6.45, 7) is 8.58. The van der Waals surface area contributed by atoms with Crippen molar-refractivity contribution in [1.29, 1.82) is 5.41 Å². The number of guanidine groups is 1. The van der Waals surface area contributed by atoms with E-state index in [4.69, 9.17) is 10.1 Å². The Morgan fingerprint density at radius 3 is 2.61 bits per heavy atom. The van der Waals surface area contributed by atoms with Crippen LogP contribution in [0.3, 0.4) is 0 Å². The fraction of sp³-hybridized carbons (Fsp3) is 0.474. The number of piperidine rings is 1. The number of nitrogens with zero attached hydrogens (tertiary/aromatic N) is 2. The van der Waals surface area contributed by atoms with Gasteiger partial charge in [0.25, 0.3) is 15.9 Å². The summed E-state index contributed by atoms with van der Waals surface area (Å²) in [6, 6.07) is 4.60. The molecule has 12 heteroatoms. The summed E-state index contributed by atoms with van der Waals surface area (Å²) in [6.07, 6.45) is -1.26. The van der Waals surface area contributed by atoms with Crippen LogP contribution in [0.25, 0.3) is 0 Å². The molecule has 2 atom stereocenters. The maximum Gasteiger partial charge on any atom is 0.410 e. The van der Waals surface area contributed by atoms with Crippen molar-refractivity contribution >= 4 is 34.7 Å². The zero-order chi connectivity index (χ0) is 23.4. The van der Waals surface area contributed by atoms with Crippen LogP contribution in [0.15, 0.2) is 34.2 Å². The molecule has 1 fully saturated rings. The molecule has 1 heterocycles. The first kappa shape index (κ1) is 24.3. The molecule has 0 aromatic heterocycles. The lowest BCUT2D eigenvalue weighted by Gasteiger charge is -2.36. The molecule has 0 aliphatic carbocycles. The molecule has 0 saturated carbocycles. The number of nitrogens with one attached hydrogen (secondary N) is 3. The molecule has 1 saturated heterocycles. The largest absolute Gasteiger partial charge is 0.444 e. The van der Waals surface area contributed by atoms with E-state index in [2.05, 4.69) is 17.0 Å². The molecule has 2 amide bonds. The van der Waals surface area contributed by atoms with E-state index in [1.165, 1.54) is 23.1 Å². The normalized spacial score (nSPS) is 19.3. The Morgan fingerprint density at radius 1 is 1.35 bits per heavy atom. The summed E-state index contributed by atoms with van der Waals surface area (Å²) in [7, 11) is -4.10. The van der Waals surface area contributed by atoms with Crippen LogP contribution in [-0.4, -0.2) is 73.9 Å². The third-order valence-electron chi connectivity index (χ3n) is 4.35. The van der Waals surface area contributed by atoms with Gasteiger partial charge >= 0.3 is 6.09 Å². The van der Waals surface area contributed by atoms with Gasteiger partial charge in [0.05, 0.1) is 23.6 Å². The predicted molar refractivity (Wildman–Crippen MR) is 114 cm³/mol. The van der Waals surface area contributed by atoms with E-state index in [1.807, 2.05) is 4.72 Å². The minimum absolute atomic E-state index is 0.00510. The molecule has 4 N–H and O–H groups in total. The van der Waals surface area contributed by atoms with Crippen LogP contribution in [0.5, 0.6) is 0 Å². The summed E-state index contributed by atoms with van der Waals surface area (Å²) in [5, 5.41) is 20.4. The van der Waals surface area contributed by atoms with E-state index in [1.54, 1.807) is 20.8 Å². The Labute approximate surface area is 181 Å². The zero-order valence-corrected chi connectivity index (χ0v) is 18.4. The van der Waals surface area contributed by atoms with Crippen LogP contribution in [-0.2, 0) is 14.8 Å². The van der Waals surface area contributed by atoms with Crippen molar-refractivity contribution in [3.63, 3.8) is 0 Å². The van der Waals surface area contributed by atoms with E-state index in [-0.39, 0.29) is 23.5 Å². The number of carbonyl (C=O) groups is 2. The molecule has 11 nitrogen and oxygen atoms in total. The smallest absolute Gasteiger partial charge is 0.410 e. The SMILES string of the molecule is C=NC(=N)NS(=O)(=O)c1cccc(C(=O)NC2CCN(C(=O)OC(C)(C)C)CC2O)c1. The number of sulfonamides is 1. The summed E-state index contributed by atoms with van der Waals surface area (Å²) in [5.41, 5.74) is -0.601. The third-order valence-corrected chi connectivity index (χ3v) is 5.68. The highest BCUT2D eigenvalue weighted by molar-refractivity contribution is 7.90. The topological polar surface area (TPSA) is 161 Å². The molecule has 31 heavy (non-hydrogen) atoms. The lowest BCUT2D eigenvalue weighted by molar-refractivity contribution is -0.00409. The predicted octanol–water partition coefficient (Wildman–Crippen LogP) is 0.700. The van der Waals surface area contributed by atoms with E-state index in [9.17, 15) is 23.1 Å². The Balaban J connectivity index is 2.04. The molecule has 2 unspecified atom stereocenters. The Morgan fingerprint density at radius 2 is 2.03 bits per heavy atom. The van der Waals surface area contributed by atoms with Crippen LogP contribution in [0.1, 0.15) is 37.6 Å². The second-order valence-electron chi connectivity index (χ2n) is 8.00. The second kappa shape index (κ2) is 9.43. The van der Waals surface area contributed by atoms with Crippen molar-refractivity contribution in [3.8, 4) is 0 Å². The Bertz CT molecular complexity index is 972. The van der Waals surface area contributed by atoms with Gasteiger partial charge in [0.2, 0.25) is 5.96 Å². The molecule has 1 aromatic carbocycles. The van der Waals surface area contributed by atoms with Gasteiger partial charge in [0.1, 0.15) is 5.60 Å². The van der Waals surface area contributed by atoms with Gasteiger partial charge in [-0.15, -0.1) is 0 Å². The average Bonchev–Trinajstić information content (AvgIpc) is 2.67. The first-order valence-corrected chi connectivity index (χ1v) is 11.0. The Hall–Kier alpha value is -2.99. The number of hydrogen-bond donors (Lipinski definition) is 4. The van der Waals surface area contributed by atoms with E-state index in [0.29, 0.717) is 6.42 Å². The quantitative estimate of drug-likeness (QED) is 0.388. The van der Waals surface area contributed by atoms with Crippen LogP contribution in [0, 0.1) is 5.41 Å². The van der Waals surface area contributed by atoms with Crippen LogP contribution in [0.2, 0.25) is 0 Å². The number of aliphatic imine (C=N–C) groups is 1. The van der Waals surface area contributed by atoms with Crippen molar-refractivity contribution in [3.05, 3.63) is 29.8 Å². The second-order valence-corrected chi connectivity index (χ2v) is 9.68. The summed E-state index contributed by atoms with van der Waals surface area (Å²) < 4.78 is 31.7. The molecule has 1 aliphatic heterocycles. The van der Waals surface area contributed by atoms with E-state index in [0.717, 1.165) is 6.07 Å². The standard InChI is InChI=1S/C19H27N5O6S/c1-19(2,3)30-18(27)24-9-8-14(15(25)11-24)22-16(26)12-6-5-7-13(10-12)31(28,29)23-17(20)21-4/h5-7,10,14-15,25H,4,8-9,11H2,1-3H3,(H2,20,23)(H,22,26). The van der Waals surface area contributed by atoms with Crippen LogP contribution < -0.4 is 10.0 Å². The molecule has 0 bridgehead atoms. The Kier molecular flexibility index (Phi) is 7.39. The summed E-state index contributed by atoms with van der Waals surface area (Å²) in [4.78, 5) is 29.1. The minimum Gasteiger partial charge on any atom is -0.444 e. The highest BCUT2D eigenvalue weighted by atomic mass is 32.2. The molecule has 0 spiro atoms. The number of likely N-dealkylation sites (tertiary alicyclic amines) is 1. The number of benzene rings is 1. The third kappa shape index (κ3) is 6.76. The molecule has 170 valence electrons. The van der Waals surface area contributed by atoms with Crippen molar-refractivity contribution in [2.75, 3.05) is 13.1 Å². The fourth-order valence-electron chi connectivity index (χ4n) is 2.87. The maximum absolute atomic E-state index is 12.6. The molecular formula is C19H27N5O6S. The lowest BCUT2D eigenvalue weighted by Crippen LogP contribution is -2.55. The first-order chi connectivity index (χ1) is 14.3. The van der Waals surface area contributed by atoms with Crippen LogP contribution >= 0.6 is 0 Å². The maximum atomic E-state index is 12.6. The van der Waals surface area contributed by atoms with Gasteiger partial charge < -0.3 is 20.1 Å². The average molecular weight is 454 g/mol. The number of β-amino-alcohol motifs (C(OH)–C–C–N with tert-alkyl or cyclic N) is 1. The van der Waals surface area contributed by atoms with Gasteiger partial charge in [-0.2, -0.15) is 0 Å². The summed E-state index contributed by atoms with van der Waals surface area (Å²) >= 11 is 0. The van der Waals surface area contributed by atoms with Gasteiger partial charge in [-0.1, -0.05) is 6.07 Å². The molecular weight excluding hydrogens is 426 g/mol. The lowest BCUT2D eigenvalue weighted by atomic mass is 10.0. The number of rotatable bonds is 4. The van der Waals surface area contributed by atoms with Gasteiger partial charge in [0.15, 0.2) is 0 Å². The number of aliphatic hydroxyl groups excluding tert-OH is 1. The van der Waals surface area contributed by atoms with Gasteiger partial charge in [-0.25, -0.2) is 22.9 Å². The number of hydrogen-bond acceptors (Lipinski definition) is 7. The highest BCUT2D eigenvalue weighted by Crippen LogP contribution is 2.17. The number of amides is 2. The summed E-state index contributed by atoms with van der Waals surface area (Å²) in [5.74, 6) is -1.22.